The van der Waals surface area contributed by atoms with Crippen molar-refractivity contribution in [2.75, 3.05) is 0 Å². The Morgan fingerprint density at radius 3 is 2.27 bits per heavy atom. The van der Waals surface area contributed by atoms with Gasteiger partial charge in [0.25, 0.3) is 0 Å². The number of benzene rings is 1. The fourth-order valence-electron chi connectivity index (χ4n) is 2.02. The largest absolute Gasteiger partial charge is 0.0628 e. The second-order valence-corrected chi connectivity index (χ2v) is 5.65. The molecule has 1 aromatic rings. The van der Waals surface area contributed by atoms with Gasteiger partial charge in [-0.2, -0.15) is 0 Å². The SMILES string of the molecule is Cc1cc(C)c(CCC(C)C)c(C)c1Br. The van der Waals surface area contributed by atoms with Gasteiger partial charge in [0, 0.05) is 4.47 Å². The van der Waals surface area contributed by atoms with Crippen molar-refractivity contribution in [3.63, 3.8) is 0 Å². The number of aryl methyl sites for hydroxylation is 2. The first-order chi connectivity index (χ1) is 6.93. The minimum atomic E-state index is 0.781. The minimum absolute atomic E-state index is 0.781. The summed E-state index contributed by atoms with van der Waals surface area (Å²) in [7, 11) is 0. The summed E-state index contributed by atoms with van der Waals surface area (Å²) in [6, 6.07) is 2.28. The van der Waals surface area contributed by atoms with Crippen molar-refractivity contribution in [1.29, 1.82) is 0 Å². The van der Waals surface area contributed by atoms with Gasteiger partial charge >= 0.3 is 0 Å². The molecule has 0 aliphatic rings. The number of hydrogen-bond donors (Lipinski definition) is 0. The van der Waals surface area contributed by atoms with Gasteiger partial charge in [0.2, 0.25) is 0 Å². The van der Waals surface area contributed by atoms with Gasteiger partial charge in [0.15, 0.2) is 0 Å². The summed E-state index contributed by atoms with van der Waals surface area (Å²) in [5.74, 6) is 0.781. The Hall–Kier alpha value is -0.300. The van der Waals surface area contributed by atoms with Gasteiger partial charge in [-0.15, -0.1) is 0 Å². The van der Waals surface area contributed by atoms with Gasteiger partial charge in [-0.05, 0) is 61.8 Å². The van der Waals surface area contributed by atoms with Crippen LogP contribution in [-0.2, 0) is 6.42 Å². The molecule has 0 atom stereocenters. The summed E-state index contributed by atoms with van der Waals surface area (Å²) < 4.78 is 1.28. The standard InChI is InChI=1S/C14H21Br/c1-9(2)6-7-13-10(3)8-11(4)14(15)12(13)5/h8-9H,6-7H2,1-5H3. The fourth-order valence-corrected chi connectivity index (χ4v) is 2.37. The first-order valence-corrected chi connectivity index (χ1v) is 6.48. The summed E-state index contributed by atoms with van der Waals surface area (Å²) in [5.41, 5.74) is 5.74. The van der Waals surface area contributed by atoms with Gasteiger partial charge < -0.3 is 0 Å². The van der Waals surface area contributed by atoms with Gasteiger partial charge in [-0.25, -0.2) is 0 Å². The molecule has 0 amide bonds. The Balaban J connectivity index is 3.02. The molecular weight excluding hydrogens is 248 g/mol. The van der Waals surface area contributed by atoms with E-state index in [9.17, 15) is 0 Å². The van der Waals surface area contributed by atoms with E-state index in [1.807, 2.05) is 0 Å². The van der Waals surface area contributed by atoms with E-state index in [4.69, 9.17) is 0 Å². The summed E-state index contributed by atoms with van der Waals surface area (Å²) in [4.78, 5) is 0. The monoisotopic (exact) mass is 268 g/mol. The summed E-state index contributed by atoms with van der Waals surface area (Å²) in [6.07, 6.45) is 2.48. The Bertz CT molecular complexity index is 351. The van der Waals surface area contributed by atoms with Crippen LogP contribution in [0.3, 0.4) is 0 Å². The van der Waals surface area contributed by atoms with Crippen LogP contribution in [0.2, 0.25) is 0 Å². The number of rotatable bonds is 3. The highest BCUT2D eigenvalue weighted by atomic mass is 79.9. The normalized spacial score (nSPS) is 11.1. The topological polar surface area (TPSA) is 0 Å². The third-order valence-electron chi connectivity index (χ3n) is 3.01. The molecule has 15 heavy (non-hydrogen) atoms. The Morgan fingerprint density at radius 2 is 1.73 bits per heavy atom. The summed E-state index contributed by atoms with van der Waals surface area (Å²) >= 11 is 3.67. The molecule has 0 N–H and O–H groups in total. The van der Waals surface area contributed by atoms with Crippen LogP contribution in [0.4, 0.5) is 0 Å². The zero-order valence-corrected chi connectivity index (χ0v) is 12.0. The van der Waals surface area contributed by atoms with Gasteiger partial charge in [0.05, 0.1) is 0 Å². The van der Waals surface area contributed by atoms with Crippen molar-refractivity contribution in [1.82, 2.24) is 0 Å². The predicted molar refractivity (Wildman–Crippen MR) is 71.5 cm³/mol. The lowest BCUT2D eigenvalue weighted by Crippen LogP contribution is -1.99. The fraction of sp³-hybridized carbons (Fsp3) is 0.571. The molecule has 84 valence electrons. The highest BCUT2D eigenvalue weighted by Gasteiger charge is 2.09. The Labute approximate surface area is 102 Å². The van der Waals surface area contributed by atoms with Gasteiger partial charge in [0.1, 0.15) is 0 Å². The maximum absolute atomic E-state index is 3.67. The Morgan fingerprint density at radius 1 is 1.13 bits per heavy atom. The van der Waals surface area contributed by atoms with Gasteiger partial charge in [-0.3, -0.25) is 0 Å². The average Bonchev–Trinajstić information content (AvgIpc) is 2.14. The molecule has 0 saturated heterocycles. The molecule has 0 nitrogen and oxygen atoms in total. The minimum Gasteiger partial charge on any atom is -0.0628 e. The number of hydrogen-bond acceptors (Lipinski definition) is 0. The molecule has 0 saturated carbocycles. The molecule has 0 aliphatic heterocycles. The molecule has 1 heteroatoms. The molecule has 0 heterocycles. The zero-order valence-electron chi connectivity index (χ0n) is 10.4. The van der Waals surface area contributed by atoms with Crippen molar-refractivity contribution in [3.05, 3.63) is 32.8 Å². The molecule has 0 spiro atoms. The van der Waals surface area contributed by atoms with Crippen molar-refractivity contribution in [2.24, 2.45) is 5.92 Å². The quantitative estimate of drug-likeness (QED) is 0.727. The van der Waals surface area contributed by atoms with Crippen LogP contribution in [0.5, 0.6) is 0 Å². The van der Waals surface area contributed by atoms with Crippen LogP contribution in [0.1, 0.15) is 42.5 Å². The summed E-state index contributed by atoms with van der Waals surface area (Å²) in [6.45, 7) is 11.2. The lowest BCUT2D eigenvalue weighted by Gasteiger charge is -2.14. The van der Waals surface area contributed by atoms with Crippen molar-refractivity contribution in [3.8, 4) is 0 Å². The highest BCUT2D eigenvalue weighted by Crippen LogP contribution is 2.28. The van der Waals surface area contributed by atoms with Crippen LogP contribution >= 0.6 is 15.9 Å². The Kier molecular flexibility index (Phi) is 4.39. The molecule has 1 aromatic carbocycles. The van der Waals surface area contributed by atoms with Crippen molar-refractivity contribution < 1.29 is 0 Å². The highest BCUT2D eigenvalue weighted by molar-refractivity contribution is 9.10. The average molecular weight is 269 g/mol. The van der Waals surface area contributed by atoms with E-state index < -0.39 is 0 Å². The maximum atomic E-state index is 3.67. The molecule has 0 fully saturated rings. The molecule has 0 aromatic heterocycles. The first kappa shape index (κ1) is 12.8. The molecule has 0 bridgehead atoms. The lowest BCUT2D eigenvalue weighted by atomic mass is 9.94. The van der Waals surface area contributed by atoms with E-state index in [0.717, 1.165) is 5.92 Å². The molecule has 0 aliphatic carbocycles. The first-order valence-electron chi connectivity index (χ1n) is 5.68. The van der Waals surface area contributed by atoms with Crippen LogP contribution in [0, 0.1) is 26.7 Å². The van der Waals surface area contributed by atoms with E-state index in [-0.39, 0.29) is 0 Å². The van der Waals surface area contributed by atoms with E-state index in [1.165, 1.54) is 39.6 Å². The third kappa shape index (κ3) is 3.07. The van der Waals surface area contributed by atoms with E-state index in [1.54, 1.807) is 0 Å². The lowest BCUT2D eigenvalue weighted by molar-refractivity contribution is 0.584. The van der Waals surface area contributed by atoms with Crippen LogP contribution in [-0.4, -0.2) is 0 Å². The van der Waals surface area contributed by atoms with Crippen LogP contribution in [0.15, 0.2) is 10.5 Å². The molecule has 1 rings (SSSR count). The zero-order chi connectivity index (χ0) is 11.6. The molecule has 0 unspecified atom stereocenters. The smallest absolute Gasteiger partial charge is 0.0236 e. The van der Waals surface area contributed by atoms with Crippen LogP contribution in [0.25, 0.3) is 0 Å². The third-order valence-corrected chi connectivity index (χ3v) is 4.23. The molecular formula is C14H21Br. The van der Waals surface area contributed by atoms with E-state index >= 15 is 0 Å². The number of halogens is 1. The predicted octanol–water partition coefficient (Wildman–Crippen LogP) is 4.96. The summed E-state index contributed by atoms with van der Waals surface area (Å²) in [5, 5.41) is 0. The second-order valence-electron chi connectivity index (χ2n) is 4.86. The maximum Gasteiger partial charge on any atom is 0.0236 e. The van der Waals surface area contributed by atoms with Crippen molar-refractivity contribution >= 4 is 15.9 Å². The van der Waals surface area contributed by atoms with Gasteiger partial charge in [-0.1, -0.05) is 35.8 Å². The van der Waals surface area contributed by atoms with E-state index in [0.29, 0.717) is 0 Å². The van der Waals surface area contributed by atoms with Crippen molar-refractivity contribution in [2.45, 2.75) is 47.5 Å². The second kappa shape index (κ2) is 5.16. The molecule has 0 radical (unpaired) electrons. The van der Waals surface area contributed by atoms with Crippen LogP contribution < -0.4 is 0 Å². The van der Waals surface area contributed by atoms with E-state index in [2.05, 4.69) is 56.6 Å².